The van der Waals surface area contributed by atoms with Gasteiger partial charge in [0.2, 0.25) is 0 Å². The molecule has 0 aliphatic heterocycles. The largest absolute Gasteiger partial charge is 0.391 e. The molecule has 0 atom stereocenters. The minimum absolute atomic E-state index is 0.0949. The molecule has 0 amide bonds. The first-order valence-electron chi connectivity index (χ1n) is 4.64. The van der Waals surface area contributed by atoms with E-state index < -0.39 is 0 Å². The average Bonchev–Trinajstić information content (AvgIpc) is 2.76. The number of hydrogen-bond acceptors (Lipinski definition) is 2. The van der Waals surface area contributed by atoms with Crippen LogP contribution in [0.25, 0.3) is 0 Å². The van der Waals surface area contributed by atoms with Crippen LogP contribution in [0, 0.1) is 11.8 Å². The van der Waals surface area contributed by atoms with Crippen molar-refractivity contribution in [2.75, 3.05) is 0 Å². The van der Waals surface area contributed by atoms with E-state index in [1.807, 2.05) is 41.8 Å². The van der Waals surface area contributed by atoms with E-state index in [-0.39, 0.29) is 6.61 Å². The smallest absolute Gasteiger partial charge is 0.0774 e. The number of benzene rings is 1. The Morgan fingerprint density at radius 3 is 2.47 bits per heavy atom. The Hall–Kier alpha value is -1.56. The summed E-state index contributed by atoms with van der Waals surface area (Å²) in [5.41, 5.74) is 1.97. The van der Waals surface area contributed by atoms with Gasteiger partial charge in [-0.1, -0.05) is 30.0 Å². The molecule has 2 aromatic rings. The van der Waals surface area contributed by atoms with Crippen LogP contribution in [-0.2, 0) is 6.61 Å². The first-order valence-corrected chi connectivity index (χ1v) is 5.52. The molecule has 0 aliphatic rings. The summed E-state index contributed by atoms with van der Waals surface area (Å²) in [7, 11) is 0. The number of aliphatic hydroxyl groups excluding tert-OH is 1. The first-order chi connectivity index (χ1) is 7.38. The average molecular weight is 214 g/mol. The fourth-order valence-electron chi connectivity index (χ4n) is 1.19. The van der Waals surface area contributed by atoms with Gasteiger partial charge in [-0.05, 0) is 18.2 Å². The maximum Gasteiger partial charge on any atom is 0.0774 e. The molecular weight excluding hydrogens is 204 g/mol. The zero-order valence-electron chi connectivity index (χ0n) is 8.10. The Balaban J connectivity index is 2.18. The van der Waals surface area contributed by atoms with Gasteiger partial charge in [0.25, 0.3) is 0 Å². The second-order valence-corrected chi connectivity index (χ2v) is 4.07. The third-order valence-corrected chi connectivity index (χ3v) is 2.86. The number of aliphatic hydroxyl groups is 1. The van der Waals surface area contributed by atoms with E-state index in [4.69, 9.17) is 5.11 Å². The molecule has 0 aliphatic carbocycles. The van der Waals surface area contributed by atoms with Crippen LogP contribution in [0.4, 0.5) is 0 Å². The maximum atomic E-state index is 8.90. The van der Waals surface area contributed by atoms with Crippen LogP contribution in [-0.4, -0.2) is 5.11 Å². The van der Waals surface area contributed by atoms with E-state index in [1.54, 1.807) is 0 Å². The standard InChI is InChI=1S/C13H10OS/c14-9-13-8-12(10-15-13)7-6-11-4-2-1-3-5-11/h1-5,8,10,14H,9H2. The van der Waals surface area contributed by atoms with Crippen LogP contribution in [0.15, 0.2) is 41.8 Å². The van der Waals surface area contributed by atoms with Gasteiger partial charge < -0.3 is 5.11 Å². The maximum absolute atomic E-state index is 8.90. The summed E-state index contributed by atoms with van der Waals surface area (Å²) in [5.74, 6) is 6.14. The summed E-state index contributed by atoms with van der Waals surface area (Å²) in [6, 6.07) is 11.8. The Bertz CT molecular complexity index is 488. The van der Waals surface area contributed by atoms with Gasteiger partial charge in [-0.25, -0.2) is 0 Å². The van der Waals surface area contributed by atoms with Crippen molar-refractivity contribution in [1.82, 2.24) is 0 Å². The molecule has 1 aromatic heterocycles. The van der Waals surface area contributed by atoms with Gasteiger partial charge in [-0.3, -0.25) is 0 Å². The zero-order chi connectivity index (χ0) is 10.5. The molecule has 0 fully saturated rings. The predicted octanol–water partition coefficient (Wildman–Crippen LogP) is 2.64. The van der Waals surface area contributed by atoms with Crippen molar-refractivity contribution in [2.24, 2.45) is 0 Å². The molecule has 0 radical (unpaired) electrons. The summed E-state index contributed by atoms with van der Waals surface area (Å²) in [4.78, 5) is 0.951. The molecular formula is C13H10OS. The summed E-state index contributed by atoms with van der Waals surface area (Å²) in [5, 5.41) is 10.9. The predicted molar refractivity (Wildman–Crippen MR) is 62.7 cm³/mol. The molecule has 0 saturated carbocycles. The van der Waals surface area contributed by atoms with Crippen LogP contribution in [0.5, 0.6) is 0 Å². The third-order valence-electron chi connectivity index (χ3n) is 1.93. The second-order valence-electron chi connectivity index (χ2n) is 3.08. The van der Waals surface area contributed by atoms with Gasteiger partial charge in [-0.15, -0.1) is 11.3 Å². The van der Waals surface area contributed by atoms with Crippen molar-refractivity contribution < 1.29 is 5.11 Å². The van der Waals surface area contributed by atoms with Crippen LogP contribution in [0.2, 0.25) is 0 Å². The lowest BCUT2D eigenvalue weighted by Crippen LogP contribution is -1.73. The van der Waals surface area contributed by atoms with Crippen molar-refractivity contribution in [3.8, 4) is 11.8 Å². The van der Waals surface area contributed by atoms with E-state index in [0.29, 0.717) is 0 Å². The summed E-state index contributed by atoms with van der Waals surface area (Å²) >= 11 is 1.53. The summed E-state index contributed by atoms with van der Waals surface area (Å²) in [6.07, 6.45) is 0. The topological polar surface area (TPSA) is 20.2 Å². The van der Waals surface area contributed by atoms with Crippen LogP contribution >= 0.6 is 11.3 Å². The van der Waals surface area contributed by atoms with E-state index in [1.165, 1.54) is 11.3 Å². The van der Waals surface area contributed by atoms with Crippen molar-refractivity contribution >= 4 is 11.3 Å². The Labute approximate surface area is 93.0 Å². The molecule has 15 heavy (non-hydrogen) atoms. The molecule has 1 nitrogen and oxygen atoms in total. The normalized spacial score (nSPS) is 9.40. The number of rotatable bonds is 1. The molecule has 2 rings (SSSR count). The molecule has 2 heteroatoms. The Kier molecular flexibility index (Phi) is 3.18. The Morgan fingerprint density at radius 2 is 1.80 bits per heavy atom. The molecule has 0 saturated heterocycles. The molecule has 0 bridgehead atoms. The Morgan fingerprint density at radius 1 is 1.07 bits per heavy atom. The van der Waals surface area contributed by atoms with Crippen LogP contribution < -0.4 is 0 Å². The summed E-state index contributed by atoms with van der Waals surface area (Å²) < 4.78 is 0. The monoisotopic (exact) mass is 214 g/mol. The van der Waals surface area contributed by atoms with Crippen molar-refractivity contribution in [3.05, 3.63) is 57.8 Å². The van der Waals surface area contributed by atoms with E-state index >= 15 is 0 Å². The van der Waals surface area contributed by atoms with Gasteiger partial charge in [0, 0.05) is 21.4 Å². The second kappa shape index (κ2) is 4.79. The van der Waals surface area contributed by atoms with E-state index in [9.17, 15) is 0 Å². The fraction of sp³-hybridized carbons (Fsp3) is 0.0769. The highest BCUT2D eigenvalue weighted by Crippen LogP contribution is 2.13. The number of thiophene rings is 1. The third kappa shape index (κ3) is 2.69. The molecule has 1 aromatic carbocycles. The first kappa shape index (κ1) is 9.97. The van der Waals surface area contributed by atoms with Crippen molar-refractivity contribution in [1.29, 1.82) is 0 Å². The fourth-order valence-corrected chi connectivity index (χ4v) is 1.87. The summed E-state index contributed by atoms with van der Waals surface area (Å²) in [6.45, 7) is 0.0949. The van der Waals surface area contributed by atoms with Crippen molar-refractivity contribution in [2.45, 2.75) is 6.61 Å². The molecule has 74 valence electrons. The molecule has 0 unspecified atom stereocenters. The van der Waals surface area contributed by atoms with E-state index in [0.717, 1.165) is 16.0 Å². The quantitative estimate of drug-likeness (QED) is 0.723. The van der Waals surface area contributed by atoms with Gasteiger partial charge in [0.05, 0.1) is 6.61 Å². The molecule has 1 N–H and O–H groups in total. The van der Waals surface area contributed by atoms with E-state index in [2.05, 4.69) is 11.8 Å². The lowest BCUT2D eigenvalue weighted by Gasteiger charge is -1.85. The molecule has 1 heterocycles. The van der Waals surface area contributed by atoms with Crippen LogP contribution in [0.1, 0.15) is 16.0 Å². The minimum atomic E-state index is 0.0949. The van der Waals surface area contributed by atoms with Gasteiger partial charge >= 0.3 is 0 Å². The highest BCUT2D eigenvalue weighted by molar-refractivity contribution is 7.10. The number of hydrogen-bond donors (Lipinski definition) is 1. The SMILES string of the molecule is OCc1cc(C#Cc2ccccc2)cs1. The lowest BCUT2D eigenvalue weighted by molar-refractivity contribution is 0.285. The highest BCUT2D eigenvalue weighted by Gasteiger charge is 1.94. The van der Waals surface area contributed by atoms with Crippen molar-refractivity contribution in [3.63, 3.8) is 0 Å². The molecule has 0 spiro atoms. The lowest BCUT2D eigenvalue weighted by atomic mass is 10.2. The zero-order valence-corrected chi connectivity index (χ0v) is 8.92. The minimum Gasteiger partial charge on any atom is -0.391 e. The van der Waals surface area contributed by atoms with Gasteiger partial charge in [0.1, 0.15) is 0 Å². The van der Waals surface area contributed by atoms with Gasteiger partial charge in [0.15, 0.2) is 0 Å². The highest BCUT2D eigenvalue weighted by atomic mass is 32.1. The van der Waals surface area contributed by atoms with Crippen LogP contribution in [0.3, 0.4) is 0 Å². The van der Waals surface area contributed by atoms with Gasteiger partial charge in [-0.2, -0.15) is 0 Å².